The number of rotatable bonds is 5. The average Bonchev–Trinajstić information content (AvgIpc) is 3.14. The van der Waals surface area contributed by atoms with E-state index in [4.69, 9.17) is 9.15 Å². The molecule has 0 radical (unpaired) electrons. The van der Waals surface area contributed by atoms with Gasteiger partial charge < -0.3 is 9.15 Å². The number of hydrogen-bond acceptors (Lipinski definition) is 6. The van der Waals surface area contributed by atoms with E-state index in [1.165, 1.54) is 13.0 Å². The van der Waals surface area contributed by atoms with E-state index >= 15 is 0 Å². The van der Waals surface area contributed by atoms with Crippen LogP contribution in [0.25, 0.3) is 17.2 Å². The third kappa shape index (κ3) is 4.82. The number of carbonyl (C=O) groups excluding carboxylic acids is 3. The number of hydrogen-bond donors (Lipinski definition) is 2. The van der Waals surface area contributed by atoms with Gasteiger partial charge in [-0.25, -0.2) is 9.78 Å². The van der Waals surface area contributed by atoms with E-state index in [9.17, 15) is 14.4 Å². The predicted octanol–water partition coefficient (Wildman–Crippen LogP) is 2.23. The topological polar surface area (TPSA) is 111 Å². The standard InChI is InChI=1S/C20H17N3O5/c1-13(19(25)22-23-20(26)14-7-3-2-4-8-14)27-18(24)12-11-17-21-15-9-5-6-10-16(15)28-17/h2-13H,1H3,(H,22,25)(H,23,26)/b12-11+/t13-/m0/s1. The van der Waals surface area contributed by atoms with E-state index in [2.05, 4.69) is 15.8 Å². The molecule has 28 heavy (non-hydrogen) atoms. The summed E-state index contributed by atoms with van der Waals surface area (Å²) in [7, 11) is 0. The minimum absolute atomic E-state index is 0.241. The summed E-state index contributed by atoms with van der Waals surface area (Å²) in [5, 5.41) is 0. The fourth-order valence-corrected chi connectivity index (χ4v) is 2.25. The Balaban J connectivity index is 1.49. The number of ether oxygens (including phenoxy) is 1. The molecule has 0 aliphatic heterocycles. The van der Waals surface area contributed by atoms with Crippen molar-refractivity contribution in [3.63, 3.8) is 0 Å². The van der Waals surface area contributed by atoms with Crippen LogP contribution in [0.5, 0.6) is 0 Å². The van der Waals surface area contributed by atoms with Gasteiger partial charge in [-0.1, -0.05) is 30.3 Å². The molecule has 2 N–H and O–H groups in total. The third-order valence-corrected chi connectivity index (χ3v) is 3.67. The molecule has 2 amide bonds. The molecule has 1 aromatic heterocycles. The second-order valence-electron chi connectivity index (χ2n) is 5.74. The minimum Gasteiger partial charge on any atom is -0.449 e. The number of aromatic nitrogens is 1. The highest BCUT2D eigenvalue weighted by Crippen LogP contribution is 2.15. The van der Waals surface area contributed by atoms with E-state index in [0.29, 0.717) is 16.7 Å². The largest absolute Gasteiger partial charge is 0.449 e. The molecular weight excluding hydrogens is 362 g/mol. The van der Waals surface area contributed by atoms with Crippen molar-refractivity contribution in [2.75, 3.05) is 0 Å². The molecule has 0 saturated heterocycles. The van der Waals surface area contributed by atoms with Crippen molar-refractivity contribution in [3.05, 3.63) is 72.1 Å². The SMILES string of the molecule is C[C@H](OC(=O)/C=C/c1nc2ccccc2o1)C(=O)NNC(=O)c1ccccc1. The van der Waals surface area contributed by atoms with Gasteiger partial charge in [-0.3, -0.25) is 20.4 Å². The minimum atomic E-state index is -1.11. The van der Waals surface area contributed by atoms with Crippen LogP contribution in [-0.4, -0.2) is 28.9 Å². The number of nitrogens with one attached hydrogen (secondary N) is 2. The van der Waals surface area contributed by atoms with Gasteiger partial charge in [0.25, 0.3) is 11.8 Å². The molecule has 0 fully saturated rings. The lowest BCUT2D eigenvalue weighted by molar-refractivity contribution is -0.150. The summed E-state index contributed by atoms with van der Waals surface area (Å²) in [6.45, 7) is 1.38. The third-order valence-electron chi connectivity index (χ3n) is 3.67. The summed E-state index contributed by atoms with van der Waals surface area (Å²) in [5.41, 5.74) is 6.10. The zero-order valence-electron chi connectivity index (χ0n) is 14.9. The van der Waals surface area contributed by atoms with Crippen molar-refractivity contribution >= 4 is 35.0 Å². The number of hydrazine groups is 1. The Morgan fingerprint density at radius 2 is 1.75 bits per heavy atom. The van der Waals surface area contributed by atoms with Crippen molar-refractivity contribution in [2.45, 2.75) is 13.0 Å². The van der Waals surface area contributed by atoms with Gasteiger partial charge in [0.1, 0.15) is 5.52 Å². The van der Waals surface area contributed by atoms with Gasteiger partial charge in [0, 0.05) is 17.7 Å². The molecule has 8 nitrogen and oxygen atoms in total. The molecule has 0 bridgehead atoms. The number of fused-ring (bicyclic) bond motifs is 1. The number of oxazole rings is 1. The molecular formula is C20H17N3O5. The Labute approximate surface area is 160 Å². The summed E-state index contributed by atoms with van der Waals surface area (Å²) in [5.74, 6) is -1.67. The normalized spacial score (nSPS) is 11.9. The highest BCUT2D eigenvalue weighted by atomic mass is 16.5. The second-order valence-corrected chi connectivity index (χ2v) is 5.74. The molecule has 1 atom stereocenters. The molecule has 2 aromatic carbocycles. The van der Waals surface area contributed by atoms with Crippen molar-refractivity contribution in [3.8, 4) is 0 Å². The number of benzene rings is 2. The monoisotopic (exact) mass is 379 g/mol. The zero-order chi connectivity index (χ0) is 19.9. The average molecular weight is 379 g/mol. The number of esters is 1. The van der Waals surface area contributed by atoms with Gasteiger partial charge in [0.05, 0.1) is 0 Å². The molecule has 0 spiro atoms. The van der Waals surface area contributed by atoms with Crippen LogP contribution in [0.3, 0.4) is 0 Å². The van der Waals surface area contributed by atoms with Crippen LogP contribution in [0.1, 0.15) is 23.2 Å². The van der Waals surface area contributed by atoms with Gasteiger partial charge in [-0.15, -0.1) is 0 Å². The number of amides is 2. The maximum Gasteiger partial charge on any atom is 0.331 e. The lowest BCUT2D eigenvalue weighted by Crippen LogP contribution is -2.46. The number of nitrogens with zero attached hydrogens (tertiary/aromatic N) is 1. The maximum absolute atomic E-state index is 11.9. The van der Waals surface area contributed by atoms with Crippen molar-refractivity contribution in [2.24, 2.45) is 0 Å². The number of para-hydroxylation sites is 2. The van der Waals surface area contributed by atoms with Gasteiger partial charge in [-0.05, 0) is 31.2 Å². The van der Waals surface area contributed by atoms with Crippen LogP contribution in [0.4, 0.5) is 0 Å². The summed E-state index contributed by atoms with van der Waals surface area (Å²) in [6.07, 6.45) is 1.35. The molecule has 3 rings (SSSR count). The van der Waals surface area contributed by atoms with Gasteiger partial charge in [0.2, 0.25) is 5.89 Å². The maximum atomic E-state index is 11.9. The Morgan fingerprint density at radius 3 is 2.50 bits per heavy atom. The molecule has 0 aliphatic carbocycles. The summed E-state index contributed by atoms with van der Waals surface area (Å²) in [4.78, 5) is 39.9. The molecule has 0 aliphatic rings. The summed E-state index contributed by atoms with van der Waals surface area (Å²) in [6, 6.07) is 15.5. The first-order valence-electron chi connectivity index (χ1n) is 8.42. The van der Waals surface area contributed by atoms with E-state index < -0.39 is 23.9 Å². The molecule has 0 unspecified atom stereocenters. The Hall–Kier alpha value is -3.94. The number of carbonyl (C=O) groups is 3. The summed E-state index contributed by atoms with van der Waals surface area (Å²) >= 11 is 0. The van der Waals surface area contributed by atoms with Crippen LogP contribution in [0.15, 0.2) is 65.1 Å². The first-order chi connectivity index (χ1) is 13.5. The van der Waals surface area contributed by atoms with E-state index in [1.807, 2.05) is 12.1 Å². The highest BCUT2D eigenvalue weighted by Gasteiger charge is 2.17. The molecule has 3 aromatic rings. The van der Waals surface area contributed by atoms with Crippen LogP contribution < -0.4 is 10.9 Å². The quantitative estimate of drug-likeness (QED) is 0.400. The van der Waals surface area contributed by atoms with Gasteiger partial charge >= 0.3 is 5.97 Å². The first kappa shape index (κ1) is 18.8. The van der Waals surface area contributed by atoms with Crippen LogP contribution in [0.2, 0.25) is 0 Å². The lowest BCUT2D eigenvalue weighted by atomic mass is 10.2. The van der Waals surface area contributed by atoms with Crippen molar-refractivity contribution < 1.29 is 23.5 Å². The molecule has 0 saturated carbocycles. The predicted molar refractivity (Wildman–Crippen MR) is 101 cm³/mol. The van der Waals surface area contributed by atoms with E-state index in [-0.39, 0.29) is 5.89 Å². The van der Waals surface area contributed by atoms with Crippen LogP contribution in [0, 0.1) is 0 Å². The van der Waals surface area contributed by atoms with Crippen LogP contribution >= 0.6 is 0 Å². The van der Waals surface area contributed by atoms with Crippen molar-refractivity contribution in [1.29, 1.82) is 0 Å². The van der Waals surface area contributed by atoms with E-state index in [0.717, 1.165) is 6.08 Å². The van der Waals surface area contributed by atoms with Gasteiger partial charge in [0.15, 0.2) is 11.7 Å². The molecule has 1 heterocycles. The highest BCUT2D eigenvalue weighted by molar-refractivity contribution is 5.96. The lowest BCUT2D eigenvalue weighted by Gasteiger charge is -2.13. The smallest absolute Gasteiger partial charge is 0.331 e. The second kappa shape index (κ2) is 8.63. The van der Waals surface area contributed by atoms with Gasteiger partial charge in [-0.2, -0.15) is 0 Å². The summed E-state index contributed by atoms with van der Waals surface area (Å²) < 4.78 is 10.4. The van der Waals surface area contributed by atoms with Crippen molar-refractivity contribution in [1.82, 2.24) is 15.8 Å². The molecule has 8 heteroatoms. The Bertz CT molecular complexity index is 994. The Kier molecular flexibility index (Phi) is 5.81. The fourth-order valence-electron chi connectivity index (χ4n) is 2.25. The van der Waals surface area contributed by atoms with Crippen LogP contribution in [-0.2, 0) is 14.3 Å². The zero-order valence-corrected chi connectivity index (χ0v) is 14.9. The molecule has 142 valence electrons. The fraction of sp³-hybridized carbons (Fsp3) is 0.100. The van der Waals surface area contributed by atoms with E-state index in [1.54, 1.807) is 42.5 Å². The first-order valence-corrected chi connectivity index (χ1v) is 8.42. The Morgan fingerprint density at radius 1 is 1.04 bits per heavy atom.